The molecule has 0 atom stereocenters. The van der Waals surface area contributed by atoms with Crippen LogP contribution < -0.4 is 5.32 Å². The Kier molecular flexibility index (Phi) is 4.09. The van der Waals surface area contributed by atoms with Crippen molar-refractivity contribution in [1.82, 2.24) is 0 Å². The van der Waals surface area contributed by atoms with Crippen molar-refractivity contribution in [3.05, 3.63) is 29.3 Å². The summed E-state index contributed by atoms with van der Waals surface area (Å²) in [5.41, 5.74) is 1.14. The van der Waals surface area contributed by atoms with Gasteiger partial charge in [-0.15, -0.1) is 0 Å². The van der Waals surface area contributed by atoms with Gasteiger partial charge in [0.15, 0.2) is 0 Å². The Bertz CT molecular complexity index is 535. The van der Waals surface area contributed by atoms with Crippen molar-refractivity contribution in [2.45, 2.75) is 32.8 Å². The van der Waals surface area contributed by atoms with Gasteiger partial charge in [-0.1, -0.05) is 6.92 Å². The molecule has 0 aliphatic heterocycles. The number of anilines is 1. The van der Waals surface area contributed by atoms with Gasteiger partial charge in [0.05, 0.1) is 12.2 Å². The summed E-state index contributed by atoms with van der Waals surface area (Å²) in [6, 6.07) is 4.78. The Balaban J connectivity index is 2.22. The predicted octanol–water partition coefficient (Wildman–Crippen LogP) is 2.66. The number of aromatic carboxylic acids is 1. The third-order valence-electron chi connectivity index (χ3n) is 3.82. The second-order valence-electron chi connectivity index (χ2n) is 5.24. The smallest absolute Gasteiger partial charge is 0.335 e. The number of ether oxygens (including phenoxy) is 1. The number of methoxy groups -OCH3 is 1. The molecule has 0 saturated heterocycles. The SMILES string of the molecule is CCC1(C(=O)Nc2cc(COC)cc(C(=O)O)c2)CC1. The minimum Gasteiger partial charge on any atom is -0.478 e. The second kappa shape index (κ2) is 5.63. The maximum atomic E-state index is 12.2. The summed E-state index contributed by atoms with van der Waals surface area (Å²) in [6.07, 6.45) is 2.61. The average Bonchev–Trinajstić information content (AvgIpc) is 3.19. The minimum absolute atomic E-state index is 0.0223. The number of carbonyl (C=O) groups excluding carboxylic acids is 1. The van der Waals surface area contributed by atoms with Gasteiger partial charge in [0.1, 0.15) is 0 Å². The van der Waals surface area contributed by atoms with Crippen molar-refractivity contribution >= 4 is 17.6 Å². The van der Waals surface area contributed by atoms with E-state index in [1.165, 1.54) is 6.07 Å². The zero-order chi connectivity index (χ0) is 14.8. The van der Waals surface area contributed by atoms with Gasteiger partial charge in [0.2, 0.25) is 5.91 Å². The second-order valence-corrected chi connectivity index (χ2v) is 5.24. The monoisotopic (exact) mass is 277 g/mol. The summed E-state index contributed by atoms with van der Waals surface area (Å²) < 4.78 is 5.02. The zero-order valence-corrected chi connectivity index (χ0v) is 11.7. The molecule has 0 bridgehead atoms. The van der Waals surface area contributed by atoms with E-state index < -0.39 is 5.97 Å². The standard InChI is InChI=1S/C15H19NO4/c1-3-15(4-5-15)14(19)16-12-7-10(9-20-2)6-11(8-12)13(17)18/h6-8H,3-5,9H2,1-2H3,(H,16,19)(H,17,18). The summed E-state index contributed by atoms with van der Waals surface area (Å²) in [7, 11) is 1.54. The van der Waals surface area contributed by atoms with Gasteiger partial charge in [-0.3, -0.25) is 4.79 Å². The lowest BCUT2D eigenvalue weighted by Gasteiger charge is -2.14. The third-order valence-corrected chi connectivity index (χ3v) is 3.82. The van der Waals surface area contributed by atoms with E-state index >= 15 is 0 Å². The number of hydrogen-bond acceptors (Lipinski definition) is 3. The number of carbonyl (C=O) groups is 2. The molecule has 108 valence electrons. The van der Waals surface area contributed by atoms with Crippen LogP contribution in [0.15, 0.2) is 18.2 Å². The molecule has 1 aromatic rings. The quantitative estimate of drug-likeness (QED) is 0.838. The number of amides is 1. The molecule has 0 unspecified atom stereocenters. The molecule has 1 fully saturated rings. The fraction of sp³-hybridized carbons (Fsp3) is 0.467. The highest BCUT2D eigenvalue weighted by Crippen LogP contribution is 2.49. The van der Waals surface area contributed by atoms with Gasteiger partial charge in [0.25, 0.3) is 0 Å². The fourth-order valence-corrected chi connectivity index (χ4v) is 2.29. The van der Waals surface area contributed by atoms with Crippen LogP contribution in [0.2, 0.25) is 0 Å². The van der Waals surface area contributed by atoms with E-state index in [-0.39, 0.29) is 16.9 Å². The number of nitrogens with one attached hydrogen (secondary N) is 1. The van der Waals surface area contributed by atoms with Gasteiger partial charge in [-0.05, 0) is 43.0 Å². The highest BCUT2D eigenvalue weighted by Gasteiger charge is 2.47. The fourth-order valence-electron chi connectivity index (χ4n) is 2.29. The van der Waals surface area contributed by atoms with Crippen molar-refractivity contribution < 1.29 is 19.4 Å². The first-order valence-corrected chi connectivity index (χ1v) is 6.68. The highest BCUT2D eigenvalue weighted by atomic mass is 16.5. The van der Waals surface area contributed by atoms with Crippen LogP contribution in [-0.2, 0) is 16.1 Å². The van der Waals surface area contributed by atoms with Gasteiger partial charge < -0.3 is 15.2 Å². The van der Waals surface area contributed by atoms with Crippen LogP contribution in [-0.4, -0.2) is 24.1 Å². The molecule has 20 heavy (non-hydrogen) atoms. The highest BCUT2D eigenvalue weighted by molar-refractivity contribution is 5.98. The van der Waals surface area contributed by atoms with Crippen molar-refractivity contribution in [3.8, 4) is 0 Å². The Labute approximate surface area is 117 Å². The lowest BCUT2D eigenvalue weighted by atomic mass is 10.0. The third kappa shape index (κ3) is 2.99. The summed E-state index contributed by atoms with van der Waals surface area (Å²) in [4.78, 5) is 23.3. The Hall–Kier alpha value is -1.88. The molecule has 5 nitrogen and oxygen atoms in total. The first-order chi connectivity index (χ1) is 9.50. The summed E-state index contributed by atoms with van der Waals surface area (Å²) in [6.45, 7) is 2.31. The summed E-state index contributed by atoms with van der Waals surface area (Å²) in [5.74, 6) is -1.04. The molecule has 0 aromatic heterocycles. The molecule has 1 saturated carbocycles. The molecule has 1 aliphatic carbocycles. The van der Waals surface area contributed by atoms with Crippen molar-refractivity contribution in [2.24, 2.45) is 5.41 Å². The van der Waals surface area contributed by atoms with Crippen molar-refractivity contribution in [1.29, 1.82) is 0 Å². The van der Waals surface area contributed by atoms with Crippen molar-refractivity contribution in [2.75, 3.05) is 12.4 Å². The minimum atomic E-state index is -1.02. The normalized spacial score (nSPS) is 15.7. The van der Waals surface area contributed by atoms with Gasteiger partial charge in [-0.25, -0.2) is 4.79 Å². The van der Waals surface area contributed by atoms with E-state index in [2.05, 4.69) is 5.32 Å². The first-order valence-electron chi connectivity index (χ1n) is 6.68. The lowest BCUT2D eigenvalue weighted by Crippen LogP contribution is -2.23. The number of carboxylic acids is 1. The van der Waals surface area contributed by atoms with Gasteiger partial charge in [-0.2, -0.15) is 0 Å². The maximum absolute atomic E-state index is 12.2. The van der Waals surface area contributed by atoms with E-state index in [1.807, 2.05) is 6.92 Å². The van der Waals surface area contributed by atoms with Crippen LogP contribution in [0.1, 0.15) is 42.1 Å². The molecule has 0 heterocycles. The largest absolute Gasteiger partial charge is 0.478 e. The topological polar surface area (TPSA) is 75.6 Å². The molecule has 0 radical (unpaired) electrons. The van der Waals surface area contributed by atoms with E-state index in [0.717, 1.165) is 24.8 Å². The molecule has 1 amide bonds. The summed E-state index contributed by atoms with van der Waals surface area (Å²) in [5, 5.41) is 11.9. The molecule has 5 heteroatoms. The zero-order valence-electron chi connectivity index (χ0n) is 11.7. The van der Waals surface area contributed by atoms with E-state index in [1.54, 1.807) is 19.2 Å². The van der Waals surface area contributed by atoms with E-state index in [4.69, 9.17) is 9.84 Å². The number of rotatable bonds is 6. The summed E-state index contributed by atoms with van der Waals surface area (Å²) >= 11 is 0. The van der Waals surface area contributed by atoms with Crippen LogP contribution in [0.4, 0.5) is 5.69 Å². The van der Waals surface area contributed by atoms with Crippen LogP contribution in [0.3, 0.4) is 0 Å². The molecular weight excluding hydrogens is 258 g/mol. The molecule has 1 aromatic carbocycles. The molecule has 2 rings (SSSR count). The first kappa shape index (κ1) is 14.5. The van der Waals surface area contributed by atoms with Crippen LogP contribution in [0, 0.1) is 5.41 Å². The predicted molar refractivity (Wildman–Crippen MR) is 74.7 cm³/mol. The van der Waals surface area contributed by atoms with Crippen molar-refractivity contribution in [3.63, 3.8) is 0 Å². The van der Waals surface area contributed by atoms with Gasteiger partial charge >= 0.3 is 5.97 Å². The number of benzene rings is 1. The Morgan fingerprint density at radius 3 is 2.55 bits per heavy atom. The van der Waals surface area contributed by atoms with Crippen LogP contribution in [0.25, 0.3) is 0 Å². The lowest BCUT2D eigenvalue weighted by molar-refractivity contribution is -0.121. The number of carboxylic acid groups (broad SMARTS) is 1. The average molecular weight is 277 g/mol. The van der Waals surface area contributed by atoms with Crippen LogP contribution >= 0.6 is 0 Å². The van der Waals surface area contributed by atoms with E-state index in [9.17, 15) is 9.59 Å². The molecule has 2 N–H and O–H groups in total. The van der Waals surface area contributed by atoms with Gasteiger partial charge in [0, 0.05) is 18.2 Å². The molecule has 1 aliphatic rings. The van der Waals surface area contributed by atoms with Crippen LogP contribution in [0.5, 0.6) is 0 Å². The molecule has 0 spiro atoms. The Morgan fingerprint density at radius 1 is 1.35 bits per heavy atom. The maximum Gasteiger partial charge on any atom is 0.335 e. The Morgan fingerprint density at radius 2 is 2.05 bits per heavy atom. The molecular formula is C15H19NO4. The van der Waals surface area contributed by atoms with E-state index in [0.29, 0.717) is 12.3 Å². The number of hydrogen-bond donors (Lipinski definition) is 2.